The lowest BCUT2D eigenvalue weighted by Gasteiger charge is -2.17. The Morgan fingerprint density at radius 3 is 2.86 bits per heavy atom. The van der Waals surface area contributed by atoms with Gasteiger partial charge in [0.05, 0.1) is 5.92 Å². The Balaban J connectivity index is 1.38. The number of nitrogens with one attached hydrogen (secondary N) is 2. The van der Waals surface area contributed by atoms with Gasteiger partial charge in [0.25, 0.3) is 0 Å². The normalized spacial score (nSPS) is 16.6. The molecule has 2 amide bonds. The van der Waals surface area contributed by atoms with Gasteiger partial charge < -0.3 is 15.2 Å². The zero-order valence-electron chi connectivity index (χ0n) is 16.6. The SMILES string of the molecule is Cc1ccc(NC(=O)[C@@H]2CC(=O)N(CCc3c[nH]c4ccc(Cl)cc34)C2)c(C)c1. The lowest BCUT2D eigenvalue weighted by atomic mass is 10.1. The molecule has 0 spiro atoms. The third-order valence-corrected chi connectivity index (χ3v) is 5.84. The van der Waals surface area contributed by atoms with Gasteiger partial charge in [0.15, 0.2) is 0 Å². The van der Waals surface area contributed by atoms with Gasteiger partial charge in [-0.25, -0.2) is 0 Å². The highest BCUT2D eigenvalue weighted by Gasteiger charge is 2.34. The Hall–Kier alpha value is -2.79. The van der Waals surface area contributed by atoms with Crippen LogP contribution in [0.4, 0.5) is 5.69 Å². The smallest absolute Gasteiger partial charge is 0.229 e. The number of likely N-dealkylation sites (tertiary alicyclic amines) is 1. The highest BCUT2D eigenvalue weighted by molar-refractivity contribution is 6.31. The monoisotopic (exact) mass is 409 g/mol. The molecule has 6 heteroatoms. The number of anilines is 1. The number of halogens is 1. The molecule has 1 saturated heterocycles. The molecule has 1 aliphatic heterocycles. The van der Waals surface area contributed by atoms with Crippen molar-refractivity contribution in [1.82, 2.24) is 9.88 Å². The summed E-state index contributed by atoms with van der Waals surface area (Å²) in [6.07, 6.45) is 2.94. The molecule has 5 nitrogen and oxygen atoms in total. The van der Waals surface area contributed by atoms with Crippen LogP contribution in [0, 0.1) is 19.8 Å². The number of benzene rings is 2. The maximum absolute atomic E-state index is 12.7. The molecule has 0 saturated carbocycles. The first kappa shape index (κ1) is 19.5. The van der Waals surface area contributed by atoms with Crippen LogP contribution in [0.15, 0.2) is 42.6 Å². The summed E-state index contributed by atoms with van der Waals surface area (Å²) in [5, 5.41) is 4.75. The molecule has 0 radical (unpaired) electrons. The minimum Gasteiger partial charge on any atom is -0.361 e. The van der Waals surface area contributed by atoms with Gasteiger partial charge in [-0.2, -0.15) is 0 Å². The van der Waals surface area contributed by atoms with E-state index in [-0.39, 0.29) is 24.2 Å². The Morgan fingerprint density at radius 2 is 2.07 bits per heavy atom. The second-order valence-electron chi connectivity index (χ2n) is 7.80. The number of hydrogen-bond acceptors (Lipinski definition) is 2. The zero-order chi connectivity index (χ0) is 20.5. The fraction of sp³-hybridized carbons (Fsp3) is 0.304. The fourth-order valence-corrected chi connectivity index (χ4v) is 4.14. The summed E-state index contributed by atoms with van der Waals surface area (Å²) < 4.78 is 0. The van der Waals surface area contributed by atoms with E-state index in [2.05, 4.69) is 10.3 Å². The molecular weight excluding hydrogens is 386 g/mol. The molecule has 150 valence electrons. The van der Waals surface area contributed by atoms with E-state index in [9.17, 15) is 9.59 Å². The molecule has 0 bridgehead atoms. The lowest BCUT2D eigenvalue weighted by molar-refractivity contribution is -0.128. The van der Waals surface area contributed by atoms with E-state index in [0.717, 1.165) is 39.7 Å². The summed E-state index contributed by atoms with van der Waals surface area (Å²) in [4.78, 5) is 30.2. The first-order valence-electron chi connectivity index (χ1n) is 9.82. The van der Waals surface area contributed by atoms with Crippen molar-refractivity contribution in [3.63, 3.8) is 0 Å². The van der Waals surface area contributed by atoms with Crippen molar-refractivity contribution in [2.24, 2.45) is 5.92 Å². The molecular formula is C23H24ClN3O2. The summed E-state index contributed by atoms with van der Waals surface area (Å²) in [6.45, 7) is 5.04. The van der Waals surface area contributed by atoms with Crippen LogP contribution < -0.4 is 5.32 Å². The molecule has 2 aromatic carbocycles. The average molecular weight is 410 g/mol. The van der Waals surface area contributed by atoms with Crippen LogP contribution in [0.3, 0.4) is 0 Å². The summed E-state index contributed by atoms with van der Waals surface area (Å²) in [6, 6.07) is 11.7. The average Bonchev–Trinajstić information content (AvgIpc) is 3.25. The van der Waals surface area contributed by atoms with Crippen LogP contribution in [-0.2, 0) is 16.0 Å². The largest absolute Gasteiger partial charge is 0.361 e. The molecule has 4 rings (SSSR count). The molecule has 1 aliphatic rings. The van der Waals surface area contributed by atoms with E-state index in [1.54, 1.807) is 4.90 Å². The van der Waals surface area contributed by atoms with Gasteiger partial charge in [0, 0.05) is 47.3 Å². The number of fused-ring (bicyclic) bond motifs is 1. The number of carbonyl (C=O) groups excluding carboxylic acids is 2. The van der Waals surface area contributed by atoms with Gasteiger partial charge in [-0.3, -0.25) is 9.59 Å². The quantitative estimate of drug-likeness (QED) is 0.653. The van der Waals surface area contributed by atoms with Crippen molar-refractivity contribution >= 4 is 40.0 Å². The van der Waals surface area contributed by atoms with Gasteiger partial charge in [0.2, 0.25) is 11.8 Å². The predicted molar refractivity (Wildman–Crippen MR) is 116 cm³/mol. The highest BCUT2D eigenvalue weighted by Crippen LogP contribution is 2.25. The number of rotatable bonds is 5. The van der Waals surface area contributed by atoms with E-state index in [0.29, 0.717) is 18.1 Å². The van der Waals surface area contributed by atoms with E-state index in [1.165, 1.54) is 0 Å². The molecule has 2 N–H and O–H groups in total. The summed E-state index contributed by atoms with van der Waals surface area (Å²) >= 11 is 6.12. The van der Waals surface area contributed by atoms with Gasteiger partial charge in [0.1, 0.15) is 0 Å². The first-order chi connectivity index (χ1) is 13.9. The van der Waals surface area contributed by atoms with Crippen LogP contribution in [-0.4, -0.2) is 34.8 Å². The zero-order valence-corrected chi connectivity index (χ0v) is 17.3. The van der Waals surface area contributed by atoms with E-state index < -0.39 is 0 Å². The number of amides is 2. The van der Waals surface area contributed by atoms with Crippen molar-refractivity contribution in [3.05, 3.63) is 64.3 Å². The van der Waals surface area contributed by atoms with Crippen molar-refractivity contribution in [1.29, 1.82) is 0 Å². The molecule has 0 unspecified atom stereocenters. The van der Waals surface area contributed by atoms with Gasteiger partial charge in [-0.15, -0.1) is 0 Å². The van der Waals surface area contributed by atoms with Crippen molar-refractivity contribution in [2.75, 3.05) is 18.4 Å². The Bertz CT molecular complexity index is 1090. The number of hydrogen-bond donors (Lipinski definition) is 2. The third kappa shape index (κ3) is 4.15. The molecule has 2 heterocycles. The van der Waals surface area contributed by atoms with E-state index in [1.807, 2.05) is 56.4 Å². The summed E-state index contributed by atoms with van der Waals surface area (Å²) in [5.41, 5.74) is 5.14. The van der Waals surface area contributed by atoms with Gasteiger partial charge >= 0.3 is 0 Å². The highest BCUT2D eigenvalue weighted by atomic mass is 35.5. The van der Waals surface area contributed by atoms with Crippen LogP contribution in [0.1, 0.15) is 23.1 Å². The minimum absolute atomic E-state index is 0.0312. The predicted octanol–water partition coefficient (Wildman–Crippen LogP) is 4.47. The molecule has 0 aliphatic carbocycles. The second kappa shape index (κ2) is 7.91. The number of carbonyl (C=O) groups is 2. The Labute approximate surface area is 175 Å². The van der Waals surface area contributed by atoms with E-state index >= 15 is 0 Å². The summed E-state index contributed by atoms with van der Waals surface area (Å²) in [7, 11) is 0. The third-order valence-electron chi connectivity index (χ3n) is 5.61. The minimum atomic E-state index is -0.319. The standard InChI is InChI=1S/C23H24ClN3O2/c1-14-3-5-20(15(2)9-14)26-23(29)17-10-22(28)27(13-17)8-7-16-12-25-21-6-4-18(24)11-19(16)21/h3-6,9,11-12,17,25H,7-8,10,13H2,1-2H3,(H,26,29)/t17-/m1/s1. The fourth-order valence-electron chi connectivity index (χ4n) is 3.97. The first-order valence-corrected chi connectivity index (χ1v) is 10.2. The summed E-state index contributed by atoms with van der Waals surface area (Å²) in [5.74, 6) is -0.379. The van der Waals surface area contributed by atoms with Crippen LogP contribution in [0.25, 0.3) is 10.9 Å². The molecule has 3 aromatic rings. The number of H-pyrrole nitrogens is 1. The van der Waals surface area contributed by atoms with E-state index in [4.69, 9.17) is 11.6 Å². The molecule has 1 atom stereocenters. The second-order valence-corrected chi connectivity index (χ2v) is 8.24. The van der Waals surface area contributed by atoms with Crippen LogP contribution in [0.5, 0.6) is 0 Å². The van der Waals surface area contributed by atoms with Crippen LogP contribution in [0.2, 0.25) is 5.02 Å². The topological polar surface area (TPSA) is 65.2 Å². The molecule has 29 heavy (non-hydrogen) atoms. The number of aromatic nitrogens is 1. The van der Waals surface area contributed by atoms with Crippen LogP contribution >= 0.6 is 11.6 Å². The molecule has 1 aromatic heterocycles. The van der Waals surface area contributed by atoms with Crippen molar-refractivity contribution in [3.8, 4) is 0 Å². The maximum atomic E-state index is 12.7. The lowest BCUT2D eigenvalue weighted by Crippen LogP contribution is -2.30. The number of aromatic amines is 1. The maximum Gasteiger partial charge on any atom is 0.229 e. The Morgan fingerprint density at radius 1 is 1.24 bits per heavy atom. The van der Waals surface area contributed by atoms with Gasteiger partial charge in [-0.1, -0.05) is 29.3 Å². The van der Waals surface area contributed by atoms with Crippen molar-refractivity contribution in [2.45, 2.75) is 26.7 Å². The van der Waals surface area contributed by atoms with Gasteiger partial charge in [-0.05, 0) is 55.7 Å². The van der Waals surface area contributed by atoms with Crippen molar-refractivity contribution < 1.29 is 9.59 Å². The number of aryl methyl sites for hydroxylation is 2. The Kier molecular flexibility index (Phi) is 5.33. The number of nitrogens with zero attached hydrogens (tertiary/aromatic N) is 1. The molecule has 1 fully saturated rings.